The molecule has 0 amide bonds. The second-order valence-electron chi connectivity index (χ2n) is 14.6. The van der Waals surface area contributed by atoms with Crippen molar-refractivity contribution in [3.05, 3.63) is 200 Å². The predicted molar refractivity (Wildman–Crippen MR) is 236 cm³/mol. The van der Waals surface area contributed by atoms with Crippen molar-refractivity contribution < 1.29 is 0 Å². The molecular weight excluding hydrogens is 695 g/mol. The molecule has 266 valence electrons. The van der Waals surface area contributed by atoms with Gasteiger partial charge in [0.05, 0.1) is 44.5 Å². The van der Waals surface area contributed by atoms with E-state index in [1.165, 1.54) is 38.0 Å². The largest absolute Gasteiger partial charge is 0.309 e. The number of para-hydroxylation sites is 4. The quantitative estimate of drug-likeness (QED) is 0.177. The van der Waals surface area contributed by atoms with E-state index in [2.05, 4.69) is 202 Å². The minimum atomic E-state index is 0.643. The molecule has 0 N–H and O–H groups in total. The molecule has 8 aromatic carbocycles. The van der Waals surface area contributed by atoms with Crippen molar-refractivity contribution >= 4 is 65.4 Å². The summed E-state index contributed by atoms with van der Waals surface area (Å²) < 4.78 is 7.06. The summed E-state index contributed by atoms with van der Waals surface area (Å²) in [6, 6.07) is 71.2. The summed E-state index contributed by atoms with van der Waals surface area (Å²) in [5.74, 6) is 0.643. The Hall–Kier alpha value is -7.76. The fourth-order valence-electron chi connectivity index (χ4n) is 9.02. The SMILES string of the molecule is c1ccc(-c2cc(-c3ccccc3)nc(-n3c4ccccc4c4c5c6ccccc6n(-c6ccc7c(c6)c6ccccc6n7-c6ccccc6)c5ccc43)n2)cc1. The summed E-state index contributed by atoms with van der Waals surface area (Å²) in [7, 11) is 0. The Morgan fingerprint density at radius 1 is 0.281 bits per heavy atom. The molecule has 0 aliphatic carbocycles. The molecule has 4 aromatic heterocycles. The Labute approximate surface area is 328 Å². The maximum atomic E-state index is 5.29. The molecule has 0 radical (unpaired) electrons. The van der Waals surface area contributed by atoms with E-state index in [1.807, 2.05) is 12.1 Å². The van der Waals surface area contributed by atoms with E-state index in [-0.39, 0.29) is 0 Å². The van der Waals surface area contributed by atoms with Crippen molar-refractivity contribution in [3.8, 4) is 39.8 Å². The van der Waals surface area contributed by atoms with Crippen molar-refractivity contribution in [2.24, 2.45) is 0 Å². The topological polar surface area (TPSA) is 40.6 Å². The van der Waals surface area contributed by atoms with Crippen LogP contribution in [0.3, 0.4) is 0 Å². The van der Waals surface area contributed by atoms with Gasteiger partial charge in [0, 0.05) is 54.8 Å². The molecule has 0 bridgehead atoms. The number of hydrogen-bond donors (Lipinski definition) is 0. The van der Waals surface area contributed by atoms with Crippen LogP contribution in [0.2, 0.25) is 0 Å². The van der Waals surface area contributed by atoms with Crippen LogP contribution >= 0.6 is 0 Å². The lowest BCUT2D eigenvalue weighted by Gasteiger charge is -2.12. The maximum absolute atomic E-state index is 5.29. The highest BCUT2D eigenvalue weighted by atomic mass is 15.2. The van der Waals surface area contributed by atoms with Crippen LogP contribution in [0.4, 0.5) is 0 Å². The first kappa shape index (κ1) is 31.6. The Morgan fingerprint density at radius 3 is 1.30 bits per heavy atom. The van der Waals surface area contributed by atoms with Crippen molar-refractivity contribution in [2.75, 3.05) is 0 Å². The summed E-state index contributed by atoms with van der Waals surface area (Å²) in [6.45, 7) is 0. The van der Waals surface area contributed by atoms with Gasteiger partial charge in [0.2, 0.25) is 5.95 Å². The third kappa shape index (κ3) is 4.76. The smallest absolute Gasteiger partial charge is 0.235 e. The average molecular weight is 728 g/mol. The lowest BCUT2D eigenvalue weighted by atomic mass is 10.1. The third-order valence-corrected chi connectivity index (χ3v) is 11.5. The summed E-state index contributed by atoms with van der Waals surface area (Å²) in [4.78, 5) is 10.6. The van der Waals surface area contributed by atoms with Crippen LogP contribution in [0.15, 0.2) is 200 Å². The Balaban J connectivity index is 1.14. The Morgan fingerprint density at radius 2 is 0.702 bits per heavy atom. The molecular formula is C52H33N5. The van der Waals surface area contributed by atoms with Gasteiger partial charge in [-0.05, 0) is 66.7 Å². The molecule has 4 heterocycles. The van der Waals surface area contributed by atoms with E-state index < -0.39 is 0 Å². The van der Waals surface area contributed by atoms with Gasteiger partial charge in [0.15, 0.2) is 0 Å². The van der Waals surface area contributed by atoms with Gasteiger partial charge in [0.1, 0.15) is 0 Å². The van der Waals surface area contributed by atoms with Gasteiger partial charge in [-0.15, -0.1) is 0 Å². The molecule has 0 saturated heterocycles. The zero-order chi connectivity index (χ0) is 37.5. The number of aromatic nitrogens is 5. The van der Waals surface area contributed by atoms with E-state index in [0.717, 1.165) is 61.3 Å². The summed E-state index contributed by atoms with van der Waals surface area (Å²) >= 11 is 0. The fraction of sp³-hybridized carbons (Fsp3) is 0. The molecule has 57 heavy (non-hydrogen) atoms. The normalized spacial score (nSPS) is 11.9. The van der Waals surface area contributed by atoms with E-state index in [9.17, 15) is 0 Å². The van der Waals surface area contributed by atoms with Gasteiger partial charge in [-0.3, -0.25) is 4.57 Å². The van der Waals surface area contributed by atoms with Crippen LogP contribution in [-0.2, 0) is 0 Å². The molecule has 0 aliphatic rings. The van der Waals surface area contributed by atoms with Gasteiger partial charge in [-0.25, -0.2) is 9.97 Å². The summed E-state index contributed by atoms with van der Waals surface area (Å²) in [5, 5.41) is 7.23. The first-order valence-corrected chi connectivity index (χ1v) is 19.3. The van der Waals surface area contributed by atoms with Crippen LogP contribution in [0, 0.1) is 0 Å². The Kier molecular flexibility index (Phi) is 6.86. The minimum absolute atomic E-state index is 0.643. The van der Waals surface area contributed by atoms with Crippen LogP contribution in [-0.4, -0.2) is 23.7 Å². The summed E-state index contributed by atoms with van der Waals surface area (Å²) in [6.07, 6.45) is 0. The molecule has 12 aromatic rings. The highest BCUT2D eigenvalue weighted by Gasteiger charge is 2.23. The molecule has 0 spiro atoms. The molecule has 0 atom stereocenters. The van der Waals surface area contributed by atoms with Crippen LogP contribution in [0.1, 0.15) is 0 Å². The van der Waals surface area contributed by atoms with Crippen molar-refractivity contribution in [1.29, 1.82) is 0 Å². The van der Waals surface area contributed by atoms with Crippen LogP contribution in [0.5, 0.6) is 0 Å². The van der Waals surface area contributed by atoms with E-state index in [4.69, 9.17) is 9.97 Å². The molecule has 5 heteroatoms. The lowest BCUT2D eigenvalue weighted by molar-refractivity contribution is 0.996. The fourth-order valence-corrected chi connectivity index (χ4v) is 9.02. The standard InChI is InChI=1S/C52H33N5/c1-4-16-34(17-5-1)42-33-43(35-18-6-2-7-19-35)54-52(53-42)57-46-27-15-12-24-40(46)51-49(57)31-30-48-50(51)39-23-11-14-26-45(39)56(48)37-28-29-47-41(32-37)38-22-10-13-25-44(38)55(47)36-20-8-3-9-21-36/h1-33H. The highest BCUT2D eigenvalue weighted by Crippen LogP contribution is 2.43. The average Bonchev–Trinajstić information content (AvgIpc) is 3.92. The number of rotatable bonds is 5. The lowest BCUT2D eigenvalue weighted by Crippen LogP contribution is -2.04. The molecule has 5 nitrogen and oxygen atoms in total. The minimum Gasteiger partial charge on any atom is -0.309 e. The Bertz CT molecular complexity index is 3440. The number of nitrogens with zero attached hydrogens (tertiary/aromatic N) is 5. The maximum Gasteiger partial charge on any atom is 0.235 e. The molecule has 12 rings (SSSR count). The number of fused-ring (bicyclic) bond motifs is 10. The predicted octanol–water partition coefficient (Wildman–Crippen LogP) is 13.1. The molecule has 0 aliphatic heterocycles. The van der Waals surface area contributed by atoms with Gasteiger partial charge in [0.25, 0.3) is 0 Å². The zero-order valence-corrected chi connectivity index (χ0v) is 30.8. The van der Waals surface area contributed by atoms with E-state index in [0.29, 0.717) is 5.95 Å². The number of hydrogen-bond acceptors (Lipinski definition) is 2. The van der Waals surface area contributed by atoms with Crippen molar-refractivity contribution in [2.45, 2.75) is 0 Å². The first-order chi connectivity index (χ1) is 28.3. The molecule has 0 unspecified atom stereocenters. The van der Waals surface area contributed by atoms with Gasteiger partial charge >= 0.3 is 0 Å². The van der Waals surface area contributed by atoms with Gasteiger partial charge in [-0.1, -0.05) is 133 Å². The second kappa shape index (κ2) is 12.4. The second-order valence-corrected chi connectivity index (χ2v) is 14.6. The van der Waals surface area contributed by atoms with Crippen molar-refractivity contribution in [3.63, 3.8) is 0 Å². The van der Waals surface area contributed by atoms with Crippen LogP contribution in [0.25, 0.3) is 105 Å². The van der Waals surface area contributed by atoms with Crippen LogP contribution < -0.4 is 0 Å². The highest BCUT2D eigenvalue weighted by molar-refractivity contribution is 6.29. The van der Waals surface area contributed by atoms with Crippen molar-refractivity contribution in [1.82, 2.24) is 23.7 Å². The number of benzene rings is 8. The first-order valence-electron chi connectivity index (χ1n) is 19.3. The monoisotopic (exact) mass is 727 g/mol. The third-order valence-electron chi connectivity index (χ3n) is 11.5. The van der Waals surface area contributed by atoms with E-state index >= 15 is 0 Å². The molecule has 0 fully saturated rings. The molecule has 0 saturated carbocycles. The van der Waals surface area contributed by atoms with Gasteiger partial charge in [-0.2, -0.15) is 0 Å². The summed E-state index contributed by atoms with van der Waals surface area (Å²) in [5.41, 5.74) is 13.0. The van der Waals surface area contributed by atoms with E-state index in [1.54, 1.807) is 0 Å². The zero-order valence-electron chi connectivity index (χ0n) is 30.8. The van der Waals surface area contributed by atoms with Gasteiger partial charge < -0.3 is 9.13 Å².